The molecular weight excluding hydrogens is 380 g/mol. The Morgan fingerprint density at radius 3 is 2.70 bits per heavy atom. The van der Waals surface area contributed by atoms with E-state index >= 15 is 0 Å². The normalized spacial score (nSPS) is 24.9. The lowest BCUT2D eigenvalue weighted by molar-refractivity contribution is -0.137. The molecule has 0 radical (unpaired) electrons. The fourth-order valence-corrected chi connectivity index (χ4v) is 5.18. The van der Waals surface area contributed by atoms with Gasteiger partial charge >= 0.3 is 0 Å². The number of likely N-dealkylation sites (tertiary alicyclic amines) is 1. The number of ether oxygens (including phenoxy) is 1. The number of piperidine rings is 2. The van der Waals surface area contributed by atoms with Crippen LogP contribution in [0.25, 0.3) is 11.1 Å². The van der Waals surface area contributed by atoms with E-state index in [0.29, 0.717) is 18.6 Å². The Kier molecular flexibility index (Phi) is 5.91. The van der Waals surface area contributed by atoms with Gasteiger partial charge in [-0.1, -0.05) is 12.1 Å². The molecule has 0 spiro atoms. The number of oxazole rings is 1. The molecule has 0 bridgehead atoms. The third-order valence-electron chi connectivity index (χ3n) is 6.87. The topological polar surface area (TPSA) is 62.1 Å². The Hall–Kier alpha value is -2.12. The molecule has 1 aromatic carbocycles. The van der Waals surface area contributed by atoms with Gasteiger partial charge in [0, 0.05) is 45.4 Å². The Morgan fingerprint density at radius 1 is 0.967 bits per heavy atom. The molecule has 1 amide bonds. The number of amides is 1. The first kappa shape index (κ1) is 19.8. The Labute approximate surface area is 178 Å². The van der Waals surface area contributed by atoms with Crippen molar-refractivity contribution < 1.29 is 13.9 Å². The Bertz CT molecular complexity index is 820. The monoisotopic (exact) mass is 412 g/mol. The number of para-hydroxylation sites is 2. The summed E-state index contributed by atoms with van der Waals surface area (Å²) in [5, 5.41) is 0. The molecule has 0 aliphatic carbocycles. The predicted molar refractivity (Wildman–Crippen MR) is 116 cm³/mol. The molecule has 0 N–H and O–H groups in total. The molecule has 0 saturated carbocycles. The number of carbonyl (C=O) groups excluding carboxylic acids is 1. The molecule has 2 aromatic rings. The maximum Gasteiger partial charge on any atom is 0.298 e. The lowest BCUT2D eigenvalue weighted by Gasteiger charge is -2.42. The van der Waals surface area contributed by atoms with E-state index in [9.17, 15) is 4.79 Å². The van der Waals surface area contributed by atoms with E-state index in [4.69, 9.17) is 9.15 Å². The molecule has 3 fully saturated rings. The van der Waals surface area contributed by atoms with Gasteiger partial charge in [-0.3, -0.25) is 9.69 Å². The summed E-state index contributed by atoms with van der Waals surface area (Å²) < 4.78 is 11.5. The van der Waals surface area contributed by atoms with Crippen LogP contribution in [0, 0.1) is 5.92 Å². The number of nitrogens with zero attached hydrogens (tertiary/aromatic N) is 4. The van der Waals surface area contributed by atoms with Crippen molar-refractivity contribution in [2.24, 2.45) is 5.92 Å². The summed E-state index contributed by atoms with van der Waals surface area (Å²) in [6.07, 6.45) is 5.28. The standard InChI is InChI=1S/C23H32N4O3/c28-22(25-11-4-15-29-16-14-25)18-5-3-10-27(17-18)19-8-12-26(13-9-19)23-24-20-6-1-2-7-21(20)30-23/h1-2,6-7,18-19H,3-5,8-17H2/t18-/m1/s1. The third-order valence-corrected chi connectivity index (χ3v) is 6.87. The minimum Gasteiger partial charge on any atom is -0.423 e. The van der Waals surface area contributed by atoms with Gasteiger partial charge < -0.3 is 19.0 Å². The van der Waals surface area contributed by atoms with E-state index in [1.165, 1.54) is 0 Å². The second-order valence-electron chi connectivity index (χ2n) is 8.81. The van der Waals surface area contributed by atoms with E-state index in [1.807, 2.05) is 29.2 Å². The first-order chi connectivity index (χ1) is 14.8. The molecule has 7 nitrogen and oxygen atoms in total. The van der Waals surface area contributed by atoms with Crippen molar-refractivity contribution in [1.29, 1.82) is 0 Å². The summed E-state index contributed by atoms with van der Waals surface area (Å²) >= 11 is 0. The molecule has 0 unspecified atom stereocenters. The number of fused-ring (bicyclic) bond motifs is 1. The van der Waals surface area contributed by atoms with E-state index in [1.54, 1.807) is 0 Å². The zero-order chi connectivity index (χ0) is 20.3. The summed E-state index contributed by atoms with van der Waals surface area (Å²) in [6, 6.07) is 9.23. The van der Waals surface area contributed by atoms with Crippen molar-refractivity contribution in [2.45, 2.75) is 38.1 Å². The highest BCUT2D eigenvalue weighted by Crippen LogP contribution is 2.28. The molecule has 162 valence electrons. The molecule has 7 heteroatoms. The van der Waals surface area contributed by atoms with E-state index in [0.717, 1.165) is 95.1 Å². The maximum absolute atomic E-state index is 13.1. The average molecular weight is 413 g/mol. The molecule has 3 saturated heterocycles. The average Bonchev–Trinajstić information content (AvgIpc) is 3.05. The summed E-state index contributed by atoms with van der Waals surface area (Å²) in [7, 11) is 0. The van der Waals surface area contributed by atoms with Crippen LogP contribution in [0.15, 0.2) is 28.7 Å². The van der Waals surface area contributed by atoms with Gasteiger partial charge in [0.15, 0.2) is 5.58 Å². The summed E-state index contributed by atoms with van der Waals surface area (Å²) in [5.41, 5.74) is 1.77. The van der Waals surface area contributed by atoms with Gasteiger partial charge in [0.2, 0.25) is 5.91 Å². The molecule has 4 heterocycles. The molecule has 1 aromatic heterocycles. The number of rotatable bonds is 3. The van der Waals surface area contributed by atoms with E-state index in [-0.39, 0.29) is 5.92 Å². The van der Waals surface area contributed by atoms with Gasteiger partial charge in [0.05, 0.1) is 12.5 Å². The van der Waals surface area contributed by atoms with Crippen LogP contribution in [0.5, 0.6) is 0 Å². The van der Waals surface area contributed by atoms with Gasteiger partial charge in [-0.25, -0.2) is 0 Å². The van der Waals surface area contributed by atoms with Gasteiger partial charge in [0.25, 0.3) is 6.01 Å². The predicted octanol–water partition coefficient (Wildman–Crippen LogP) is 2.76. The lowest BCUT2D eigenvalue weighted by Crippen LogP contribution is -2.51. The van der Waals surface area contributed by atoms with Crippen molar-refractivity contribution in [2.75, 3.05) is 57.4 Å². The number of benzene rings is 1. The van der Waals surface area contributed by atoms with Crippen molar-refractivity contribution in [3.63, 3.8) is 0 Å². The smallest absolute Gasteiger partial charge is 0.298 e. The van der Waals surface area contributed by atoms with Crippen LogP contribution in [0.4, 0.5) is 6.01 Å². The van der Waals surface area contributed by atoms with E-state index in [2.05, 4.69) is 14.8 Å². The maximum atomic E-state index is 13.1. The zero-order valence-corrected chi connectivity index (χ0v) is 17.7. The highest BCUT2D eigenvalue weighted by molar-refractivity contribution is 5.79. The minimum absolute atomic E-state index is 0.145. The minimum atomic E-state index is 0.145. The van der Waals surface area contributed by atoms with Gasteiger partial charge in [-0.15, -0.1) is 0 Å². The van der Waals surface area contributed by atoms with Crippen molar-refractivity contribution in [3.05, 3.63) is 24.3 Å². The van der Waals surface area contributed by atoms with Gasteiger partial charge in [0.1, 0.15) is 5.52 Å². The quantitative estimate of drug-likeness (QED) is 0.773. The molecule has 5 rings (SSSR count). The van der Waals surface area contributed by atoms with Crippen LogP contribution in [-0.4, -0.2) is 79.2 Å². The van der Waals surface area contributed by atoms with Crippen molar-refractivity contribution in [3.8, 4) is 0 Å². The molecular formula is C23H32N4O3. The van der Waals surface area contributed by atoms with Crippen molar-refractivity contribution >= 4 is 23.0 Å². The first-order valence-corrected chi connectivity index (χ1v) is 11.5. The number of aromatic nitrogens is 1. The second kappa shape index (κ2) is 8.94. The lowest BCUT2D eigenvalue weighted by atomic mass is 9.93. The highest BCUT2D eigenvalue weighted by atomic mass is 16.5. The number of carbonyl (C=O) groups is 1. The second-order valence-corrected chi connectivity index (χ2v) is 8.81. The van der Waals surface area contributed by atoms with Crippen LogP contribution in [0.3, 0.4) is 0 Å². The van der Waals surface area contributed by atoms with Crippen LogP contribution in [0.1, 0.15) is 32.1 Å². The number of hydrogen-bond donors (Lipinski definition) is 0. The summed E-state index contributed by atoms with van der Waals surface area (Å²) in [5.74, 6) is 0.487. The fourth-order valence-electron chi connectivity index (χ4n) is 5.18. The number of hydrogen-bond acceptors (Lipinski definition) is 6. The van der Waals surface area contributed by atoms with Crippen molar-refractivity contribution in [1.82, 2.24) is 14.8 Å². The molecule has 3 aliphatic rings. The molecule has 30 heavy (non-hydrogen) atoms. The van der Waals surface area contributed by atoms with Gasteiger partial charge in [-0.2, -0.15) is 4.98 Å². The third kappa shape index (κ3) is 4.18. The summed E-state index contributed by atoms with van der Waals surface area (Å²) in [4.78, 5) is 24.6. The van der Waals surface area contributed by atoms with Gasteiger partial charge in [-0.05, 0) is 50.8 Å². The molecule has 1 atom stereocenters. The van der Waals surface area contributed by atoms with Crippen LogP contribution >= 0.6 is 0 Å². The van der Waals surface area contributed by atoms with Crippen LogP contribution in [0.2, 0.25) is 0 Å². The Morgan fingerprint density at radius 2 is 1.83 bits per heavy atom. The van der Waals surface area contributed by atoms with Crippen LogP contribution in [-0.2, 0) is 9.53 Å². The Balaban J connectivity index is 1.17. The zero-order valence-electron chi connectivity index (χ0n) is 17.7. The fraction of sp³-hybridized carbons (Fsp3) is 0.652. The molecule has 3 aliphatic heterocycles. The van der Waals surface area contributed by atoms with E-state index < -0.39 is 0 Å². The number of anilines is 1. The highest BCUT2D eigenvalue weighted by Gasteiger charge is 2.34. The summed E-state index contributed by atoms with van der Waals surface area (Å²) in [6.45, 7) is 6.97. The SMILES string of the molecule is O=C([C@@H]1CCCN(C2CCN(c3nc4ccccc4o3)CC2)C1)N1CCCOCC1. The largest absolute Gasteiger partial charge is 0.423 e. The van der Waals surface area contributed by atoms with Crippen LogP contribution < -0.4 is 4.90 Å². The first-order valence-electron chi connectivity index (χ1n) is 11.5.